The summed E-state index contributed by atoms with van der Waals surface area (Å²) in [6.07, 6.45) is 7.00. The molecule has 1 aliphatic rings. The summed E-state index contributed by atoms with van der Waals surface area (Å²) in [6, 6.07) is 0. The van der Waals surface area contributed by atoms with Crippen LogP contribution >= 0.6 is 0 Å². The highest BCUT2D eigenvalue weighted by molar-refractivity contribution is 5.32. The topological polar surface area (TPSA) is 49.2 Å². The fourth-order valence-electron chi connectivity index (χ4n) is 2.45. The van der Waals surface area contributed by atoms with Gasteiger partial charge in [-0.05, 0) is 32.3 Å². The highest BCUT2D eigenvalue weighted by Crippen LogP contribution is 2.28. The molecular weight excluding hydrogens is 226 g/mol. The van der Waals surface area contributed by atoms with E-state index >= 15 is 0 Å². The van der Waals surface area contributed by atoms with Crippen molar-refractivity contribution < 1.29 is 5.11 Å². The van der Waals surface area contributed by atoms with E-state index in [1.165, 1.54) is 5.56 Å². The molecule has 1 atom stereocenters. The average Bonchev–Trinajstić information content (AvgIpc) is 2.79. The van der Waals surface area contributed by atoms with E-state index in [1.807, 2.05) is 26.2 Å². The summed E-state index contributed by atoms with van der Waals surface area (Å²) >= 11 is 0. The van der Waals surface area contributed by atoms with Crippen molar-refractivity contribution in [2.75, 3.05) is 18.0 Å². The van der Waals surface area contributed by atoms with Gasteiger partial charge >= 0.3 is 0 Å². The van der Waals surface area contributed by atoms with Gasteiger partial charge in [0.05, 0.1) is 5.60 Å². The van der Waals surface area contributed by atoms with Crippen LogP contribution in [0.3, 0.4) is 0 Å². The number of aliphatic hydroxyl groups is 1. The normalized spacial score (nSPS) is 20.4. The van der Waals surface area contributed by atoms with Crippen molar-refractivity contribution >= 4 is 5.95 Å². The SMILES string of the molecule is CCCc1cnc(N2CC[C@@H](C(C)(C)O)C2)nc1. The van der Waals surface area contributed by atoms with Crippen LogP contribution in [-0.2, 0) is 6.42 Å². The molecule has 0 unspecified atom stereocenters. The van der Waals surface area contributed by atoms with Gasteiger partial charge in [-0.25, -0.2) is 9.97 Å². The van der Waals surface area contributed by atoms with Crippen molar-refractivity contribution in [2.24, 2.45) is 5.92 Å². The minimum atomic E-state index is -0.614. The van der Waals surface area contributed by atoms with Gasteiger partial charge < -0.3 is 10.0 Å². The molecule has 1 aromatic rings. The molecule has 4 heteroatoms. The van der Waals surface area contributed by atoms with Crippen LogP contribution in [0.5, 0.6) is 0 Å². The second-order valence-electron chi connectivity index (χ2n) is 5.73. The minimum absolute atomic E-state index is 0.302. The lowest BCUT2D eigenvalue weighted by Gasteiger charge is -2.25. The highest BCUT2D eigenvalue weighted by Gasteiger charge is 2.34. The molecule has 0 amide bonds. The van der Waals surface area contributed by atoms with E-state index in [2.05, 4.69) is 21.8 Å². The van der Waals surface area contributed by atoms with Gasteiger partial charge in [0.15, 0.2) is 0 Å². The van der Waals surface area contributed by atoms with Gasteiger partial charge in [-0.2, -0.15) is 0 Å². The second kappa shape index (κ2) is 5.22. The number of aryl methyl sites for hydroxylation is 1. The fourth-order valence-corrected chi connectivity index (χ4v) is 2.45. The van der Waals surface area contributed by atoms with Crippen molar-refractivity contribution in [1.82, 2.24) is 9.97 Å². The molecule has 2 heterocycles. The number of anilines is 1. The molecule has 18 heavy (non-hydrogen) atoms. The Bertz CT molecular complexity index is 383. The first-order valence-corrected chi connectivity index (χ1v) is 6.79. The van der Waals surface area contributed by atoms with Crippen molar-refractivity contribution in [1.29, 1.82) is 0 Å². The molecule has 0 radical (unpaired) electrons. The molecule has 0 spiro atoms. The summed E-state index contributed by atoms with van der Waals surface area (Å²) in [5.74, 6) is 1.10. The van der Waals surface area contributed by atoms with Gasteiger partial charge in [0.2, 0.25) is 5.95 Å². The highest BCUT2D eigenvalue weighted by atomic mass is 16.3. The van der Waals surface area contributed by atoms with Crippen molar-refractivity contribution in [2.45, 2.75) is 45.6 Å². The van der Waals surface area contributed by atoms with Crippen LogP contribution in [0.15, 0.2) is 12.4 Å². The Morgan fingerprint density at radius 1 is 1.39 bits per heavy atom. The second-order valence-corrected chi connectivity index (χ2v) is 5.73. The van der Waals surface area contributed by atoms with Crippen LogP contribution in [-0.4, -0.2) is 33.8 Å². The Morgan fingerprint density at radius 2 is 2.06 bits per heavy atom. The molecule has 0 bridgehead atoms. The quantitative estimate of drug-likeness (QED) is 0.887. The van der Waals surface area contributed by atoms with Crippen LogP contribution in [0, 0.1) is 5.92 Å². The first-order valence-electron chi connectivity index (χ1n) is 6.79. The summed E-state index contributed by atoms with van der Waals surface area (Å²) in [4.78, 5) is 11.0. The third kappa shape index (κ3) is 2.99. The maximum Gasteiger partial charge on any atom is 0.225 e. The van der Waals surface area contributed by atoms with Gasteiger partial charge in [0.25, 0.3) is 0 Å². The average molecular weight is 249 g/mol. The van der Waals surface area contributed by atoms with E-state index in [0.717, 1.165) is 38.3 Å². The largest absolute Gasteiger partial charge is 0.390 e. The van der Waals surface area contributed by atoms with E-state index in [-0.39, 0.29) is 0 Å². The van der Waals surface area contributed by atoms with E-state index in [0.29, 0.717) is 5.92 Å². The first-order chi connectivity index (χ1) is 8.50. The minimum Gasteiger partial charge on any atom is -0.390 e. The maximum atomic E-state index is 10.0. The molecule has 0 aliphatic carbocycles. The van der Waals surface area contributed by atoms with Crippen LogP contribution in [0.1, 0.15) is 39.2 Å². The molecule has 1 aliphatic heterocycles. The molecule has 1 N–H and O–H groups in total. The summed E-state index contributed by atoms with van der Waals surface area (Å²) in [6.45, 7) is 7.69. The Labute approximate surface area is 109 Å². The zero-order valence-electron chi connectivity index (χ0n) is 11.6. The van der Waals surface area contributed by atoms with Gasteiger partial charge in [0.1, 0.15) is 0 Å². The third-order valence-corrected chi connectivity index (χ3v) is 3.70. The van der Waals surface area contributed by atoms with E-state index < -0.39 is 5.60 Å². The Morgan fingerprint density at radius 3 is 2.56 bits per heavy atom. The molecule has 1 aromatic heterocycles. The summed E-state index contributed by atoms with van der Waals surface area (Å²) in [5.41, 5.74) is 0.580. The lowest BCUT2D eigenvalue weighted by molar-refractivity contribution is 0.0263. The summed E-state index contributed by atoms with van der Waals surface area (Å²) in [7, 11) is 0. The Balaban J connectivity index is 2.01. The zero-order valence-corrected chi connectivity index (χ0v) is 11.6. The zero-order chi connectivity index (χ0) is 13.2. The molecule has 0 aromatic carbocycles. The lowest BCUT2D eigenvalue weighted by Crippen LogP contribution is -2.33. The Kier molecular flexibility index (Phi) is 3.85. The molecular formula is C14H23N3O. The van der Waals surface area contributed by atoms with Crippen LogP contribution in [0.25, 0.3) is 0 Å². The van der Waals surface area contributed by atoms with E-state index in [9.17, 15) is 5.11 Å². The smallest absolute Gasteiger partial charge is 0.225 e. The van der Waals surface area contributed by atoms with Gasteiger partial charge in [-0.15, -0.1) is 0 Å². The molecule has 100 valence electrons. The summed E-state index contributed by atoms with van der Waals surface area (Å²) < 4.78 is 0. The number of hydrogen-bond donors (Lipinski definition) is 1. The monoisotopic (exact) mass is 249 g/mol. The number of nitrogens with zero attached hydrogens (tertiary/aromatic N) is 3. The molecule has 2 rings (SSSR count). The van der Waals surface area contributed by atoms with Crippen molar-refractivity contribution in [3.8, 4) is 0 Å². The molecule has 1 fully saturated rings. The van der Waals surface area contributed by atoms with Crippen molar-refractivity contribution in [3.63, 3.8) is 0 Å². The summed E-state index contributed by atoms with van der Waals surface area (Å²) in [5, 5.41) is 10.0. The molecule has 1 saturated heterocycles. The van der Waals surface area contributed by atoms with E-state index in [1.54, 1.807) is 0 Å². The van der Waals surface area contributed by atoms with E-state index in [4.69, 9.17) is 0 Å². The van der Waals surface area contributed by atoms with Crippen LogP contribution < -0.4 is 4.90 Å². The standard InChI is InChI=1S/C14H23N3O/c1-4-5-11-8-15-13(16-9-11)17-7-6-12(10-17)14(2,3)18/h8-9,12,18H,4-7,10H2,1-3H3/t12-/m1/s1. The van der Waals surface area contributed by atoms with Crippen LogP contribution in [0.4, 0.5) is 5.95 Å². The van der Waals surface area contributed by atoms with Gasteiger partial charge in [-0.1, -0.05) is 13.3 Å². The predicted molar refractivity (Wildman–Crippen MR) is 72.6 cm³/mol. The van der Waals surface area contributed by atoms with Crippen molar-refractivity contribution in [3.05, 3.63) is 18.0 Å². The molecule has 4 nitrogen and oxygen atoms in total. The lowest BCUT2D eigenvalue weighted by atomic mass is 9.91. The molecule has 0 saturated carbocycles. The Hall–Kier alpha value is -1.16. The van der Waals surface area contributed by atoms with Gasteiger partial charge in [0, 0.05) is 31.4 Å². The van der Waals surface area contributed by atoms with Crippen LogP contribution in [0.2, 0.25) is 0 Å². The maximum absolute atomic E-state index is 10.0. The fraction of sp³-hybridized carbons (Fsp3) is 0.714. The number of aromatic nitrogens is 2. The third-order valence-electron chi connectivity index (χ3n) is 3.70. The number of rotatable bonds is 4. The van der Waals surface area contributed by atoms with Gasteiger partial charge in [-0.3, -0.25) is 0 Å². The number of hydrogen-bond acceptors (Lipinski definition) is 4. The predicted octanol–water partition coefficient (Wildman–Crippen LogP) is 2.03. The first kappa shape index (κ1) is 13.3.